The zero-order chi connectivity index (χ0) is 11.5. The molecule has 2 heterocycles. The topological polar surface area (TPSA) is 20.3 Å². The van der Waals surface area contributed by atoms with Crippen molar-refractivity contribution in [2.24, 2.45) is 0 Å². The molecule has 2 nitrogen and oxygen atoms in total. The minimum atomic E-state index is 0.156. The molecule has 0 aromatic carbocycles. The molecule has 0 N–H and O–H groups in total. The Bertz CT molecular complexity index is 368. The second-order valence-corrected chi connectivity index (χ2v) is 6.81. The molecule has 16 heavy (non-hydrogen) atoms. The van der Waals surface area contributed by atoms with E-state index in [1.54, 1.807) is 16.2 Å². The molecule has 0 spiro atoms. The normalized spacial score (nSPS) is 14.6. The number of halogens is 1. The van der Waals surface area contributed by atoms with Gasteiger partial charge < -0.3 is 4.90 Å². The zero-order valence-electron chi connectivity index (χ0n) is 9.16. The molecule has 0 aliphatic carbocycles. The third-order valence-corrected chi connectivity index (χ3v) is 5.19. The maximum atomic E-state index is 12.1. The minimum absolute atomic E-state index is 0.156. The predicted molar refractivity (Wildman–Crippen MR) is 74.9 cm³/mol. The van der Waals surface area contributed by atoms with Crippen LogP contribution >= 0.6 is 39.0 Å². The Kier molecular flexibility index (Phi) is 4.33. The lowest BCUT2D eigenvalue weighted by atomic mass is 10.2. The first-order chi connectivity index (χ1) is 7.72. The van der Waals surface area contributed by atoms with E-state index < -0.39 is 0 Å². The van der Waals surface area contributed by atoms with Gasteiger partial charge in [-0.2, -0.15) is 11.8 Å². The van der Waals surface area contributed by atoms with E-state index in [0.29, 0.717) is 0 Å². The van der Waals surface area contributed by atoms with Gasteiger partial charge in [-0.1, -0.05) is 15.9 Å². The van der Waals surface area contributed by atoms with Crippen molar-refractivity contribution in [3.63, 3.8) is 0 Å². The molecule has 1 amide bonds. The lowest BCUT2D eigenvalue weighted by Gasteiger charge is -2.13. The van der Waals surface area contributed by atoms with Crippen LogP contribution in [0.1, 0.15) is 20.1 Å². The van der Waals surface area contributed by atoms with Gasteiger partial charge in [0.15, 0.2) is 0 Å². The Morgan fingerprint density at radius 3 is 3.12 bits per heavy atom. The number of thioether (sulfide) groups is 1. The van der Waals surface area contributed by atoms with Crippen LogP contribution in [0.2, 0.25) is 0 Å². The fourth-order valence-electron chi connectivity index (χ4n) is 1.67. The number of nitrogens with zero attached hydrogens (tertiary/aromatic N) is 1. The Morgan fingerprint density at radius 2 is 2.44 bits per heavy atom. The van der Waals surface area contributed by atoms with Crippen molar-refractivity contribution < 1.29 is 4.79 Å². The molecule has 0 saturated heterocycles. The summed E-state index contributed by atoms with van der Waals surface area (Å²) in [5.41, 5.74) is 1.37. The van der Waals surface area contributed by atoms with Gasteiger partial charge in [0.2, 0.25) is 0 Å². The van der Waals surface area contributed by atoms with Crippen LogP contribution in [0.15, 0.2) is 6.07 Å². The van der Waals surface area contributed by atoms with Crippen LogP contribution in [0.5, 0.6) is 0 Å². The van der Waals surface area contributed by atoms with Crippen LogP contribution in [-0.2, 0) is 12.2 Å². The van der Waals surface area contributed by atoms with E-state index in [4.69, 9.17) is 0 Å². The van der Waals surface area contributed by atoms with Crippen molar-refractivity contribution in [2.45, 2.75) is 12.2 Å². The number of fused-ring (bicyclic) bond motifs is 1. The first-order valence-electron chi connectivity index (χ1n) is 5.23. The molecule has 2 rings (SSSR count). The number of carbonyl (C=O) groups is 1. The van der Waals surface area contributed by atoms with Gasteiger partial charge in [-0.25, -0.2) is 0 Å². The third-order valence-electron chi connectivity index (χ3n) is 2.61. The monoisotopic (exact) mass is 319 g/mol. The Morgan fingerprint density at radius 1 is 1.62 bits per heavy atom. The van der Waals surface area contributed by atoms with Gasteiger partial charge in [0, 0.05) is 29.6 Å². The molecule has 0 atom stereocenters. The highest BCUT2D eigenvalue weighted by atomic mass is 79.9. The van der Waals surface area contributed by atoms with E-state index >= 15 is 0 Å². The van der Waals surface area contributed by atoms with E-state index in [1.165, 1.54) is 16.2 Å². The minimum Gasteiger partial charge on any atom is -0.340 e. The molecule has 0 fully saturated rings. The van der Waals surface area contributed by atoms with Gasteiger partial charge in [0.05, 0.1) is 4.88 Å². The molecular formula is C11H14BrNOS2. The summed E-state index contributed by atoms with van der Waals surface area (Å²) in [7, 11) is 1.86. The molecule has 0 unspecified atom stereocenters. The first-order valence-corrected chi connectivity index (χ1v) is 8.32. The smallest absolute Gasteiger partial charge is 0.263 e. The highest BCUT2D eigenvalue weighted by molar-refractivity contribution is 9.09. The molecule has 1 aromatic rings. The third kappa shape index (κ3) is 2.63. The molecule has 0 bridgehead atoms. The van der Waals surface area contributed by atoms with Gasteiger partial charge >= 0.3 is 0 Å². The molecule has 88 valence electrons. The number of amides is 1. The fraction of sp³-hybridized carbons (Fsp3) is 0.545. The maximum absolute atomic E-state index is 12.1. The van der Waals surface area contributed by atoms with Crippen LogP contribution in [0.4, 0.5) is 0 Å². The number of hydrogen-bond acceptors (Lipinski definition) is 3. The number of rotatable bonds is 3. The maximum Gasteiger partial charge on any atom is 0.263 e. The molecule has 1 aromatic heterocycles. The lowest BCUT2D eigenvalue weighted by Crippen LogP contribution is -2.27. The zero-order valence-corrected chi connectivity index (χ0v) is 12.4. The van der Waals surface area contributed by atoms with E-state index in [9.17, 15) is 4.79 Å². The van der Waals surface area contributed by atoms with E-state index in [0.717, 1.165) is 28.9 Å². The standard InChI is InChI=1S/C11H14BrNOS2/c1-13(4-3-12)11(14)10-6-8-7-15-5-2-9(8)16-10/h6H,2-5,7H2,1H3. The first kappa shape index (κ1) is 12.5. The van der Waals surface area contributed by atoms with Crippen molar-refractivity contribution in [1.82, 2.24) is 4.90 Å². The molecule has 0 saturated carbocycles. The average Bonchev–Trinajstić information content (AvgIpc) is 2.71. The quantitative estimate of drug-likeness (QED) is 0.798. The van der Waals surface area contributed by atoms with Gasteiger partial charge in [-0.05, 0) is 23.8 Å². The molecule has 1 aliphatic heterocycles. The van der Waals surface area contributed by atoms with Gasteiger partial charge in [-0.15, -0.1) is 11.3 Å². The Balaban J connectivity index is 2.14. The Labute approximate surface area is 113 Å². The summed E-state index contributed by atoms with van der Waals surface area (Å²) in [6.45, 7) is 0.760. The van der Waals surface area contributed by atoms with Crippen molar-refractivity contribution >= 4 is 44.9 Å². The number of carbonyl (C=O) groups excluding carboxylic acids is 1. The number of alkyl halides is 1. The summed E-state index contributed by atoms with van der Waals surface area (Å²) in [6.07, 6.45) is 1.13. The molecule has 0 radical (unpaired) electrons. The summed E-state index contributed by atoms with van der Waals surface area (Å²) in [4.78, 5) is 16.1. The van der Waals surface area contributed by atoms with Crippen molar-refractivity contribution in [3.05, 3.63) is 21.4 Å². The lowest BCUT2D eigenvalue weighted by molar-refractivity contribution is 0.0808. The number of aryl methyl sites for hydroxylation is 1. The van der Waals surface area contributed by atoms with Crippen molar-refractivity contribution in [2.75, 3.05) is 24.7 Å². The van der Waals surface area contributed by atoms with Crippen LogP contribution < -0.4 is 0 Å². The summed E-state index contributed by atoms with van der Waals surface area (Å²) in [5.74, 6) is 2.42. The largest absolute Gasteiger partial charge is 0.340 e. The molecule has 5 heteroatoms. The SMILES string of the molecule is CN(CCBr)C(=O)c1cc2c(s1)CCSC2. The van der Waals surface area contributed by atoms with Crippen molar-refractivity contribution in [3.8, 4) is 0 Å². The molecule has 1 aliphatic rings. The summed E-state index contributed by atoms with van der Waals surface area (Å²) in [6, 6.07) is 2.08. The van der Waals surface area contributed by atoms with Crippen LogP contribution in [-0.4, -0.2) is 35.5 Å². The van der Waals surface area contributed by atoms with Gasteiger partial charge in [0.25, 0.3) is 5.91 Å². The highest BCUT2D eigenvalue weighted by Crippen LogP contribution is 2.32. The van der Waals surface area contributed by atoms with Crippen LogP contribution in [0.3, 0.4) is 0 Å². The predicted octanol–water partition coefficient (Wildman–Crippen LogP) is 3.00. The van der Waals surface area contributed by atoms with E-state index in [-0.39, 0.29) is 5.91 Å². The second-order valence-electron chi connectivity index (χ2n) is 3.78. The number of thiophene rings is 1. The number of hydrogen-bond donors (Lipinski definition) is 0. The fourth-order valence-corrected chi connectivity index (χ4v) is 4.57. The Hall–Kier alpha value is -0.000000000000000111. The van der Waals surface area contributed by atoms with Gasteiger partial charge in [0.1, 0.15) is 0 Å². The van der Waals surface area contributed by atoms with Crippen LogP contribution in [0.25, 0.3) is 0 Å². The average molecular weight is 320 g/mol. The van der Waals surface area contributed by atoms with Gasteiger partial charge in [-0.3, -0.25) is 4.79 Å². The summed E-state index contributed by atoms with van der Waals surface area (Å²) in [5, 5.41) is 0.830. The molecular weight excluding hydrogens is 306 g/mol. The van der Waals surface area contributed by atoms with Crippen LogP contribution in [0, 0.1) is 0 Å². The highest BCUT2D eigenvalue weighted by Gasteiger charge is 2.19. The summed E-state index contributed by atoms with van der Waals surface area (Å²) < 4.78 is 0. The second kappa shape index (κ2) is 5.56. The van der Waals surface area contributed by atoms with E-state index in [2.05, 4.69) is 22.0 Å². The van der Waals surface area contributed by atoms with Crippen molar-refractivity contribution in [1.29, 1.82) is 0 Å². The van der Waals surface area contributed by atoms with E-state index in [1.807, 2.05) is 18.8 Å². The summed E-state index contributed by atoms with van der Waals surface area (Å²) >= 11 is 6.99.